The van der Waals surface area contributed by atoms with Crippen molar-refractivity contribution in [2.24, 2.45) is 10.8 Å². The topological polar surface area (TPSA) is 59.4 Å². The van der Waals surface area contributed by atoms with Gasteiger partial charge >= 0.3 is 0 Å². The number of allylic oxidation sites excluding steroid dienone is 2. The summed E-state index contributed by atoms with van der Waals surface area (Å²) in [5, 5.41) is 12.2. The van der Waals surface area contributed by atoms with Crippen LogP contribution in [-0.2, 0) is 24.9 Å². The van der Waals surface area contributed by atoms with Gasteiger partial charge in [0.2, 0.25) is 5.88 Å². The Bertz CT molecular complexity index is 1210. The van der Waals surface area contributed by atoms with Crippen LogP contribution in [0, 0.1) is 16.9 Å². The fourth-order valence-corrected chi connectivity index (χ4v) is 4.13. The molecule has 5 heteroatoms. The van der Waals surface area contributed by atoms with Crippen LogP contribution in [0.1, 0.15) is 91.5 Å². The maximum Gasteiger partial charge on any atom is 0.217 e. The van der Waals surface area contributed by atoms with E-state index in [0.29, 0.717) is 11.6 Å². The number of pyridine rings is 1. The van der Waals surface area contributed by atoms with Gasteiger partial charge in [-0.05, 0) is 42.6 Å². The van der Waals surface area contributed by atoms with Crippen LogP contribution in [0.3, 0.4) is 0 Å². The van der Waals surface area contributed by atoms with E-state index in [4.69, 9.17) is 4.74 Å². The number of rotatable bonds is 8. The van der Waals surface area contributed by atoms with Crippen LogP contribution in [0.2, 0.25) is 0 Å². The second-order valence-electron chi connectivity index (χ2n) is 11.3. The number of hydrogen-bond acceptors (Lipinski definition) is 4. The Balaban J connectivity index is 0.000000282. The average molecular weight is 693 g/mol. The van der Waals surface area contributed by atoms with Crippen molar-refractivity contribution in [3.8, 4) is 11.6 Å². The Morgan fingerprint density at radius 2 is 1.71 bits per heavy atom. The van der Waals surface area contributed by atoms with Crippen LogP contribution in [0.4, 0.5) is 0 Å². The summed E-state index contributed by atoms with van der Waals surface area (Å²) in [4.78, 5) is 16.2. The van der Waals surface area contributed by atoms with Crippen molar-refractivity contribution in [2.45, 2.75) is 86.0 Å². The number of hydrogen-bond donors (Lipinski definition) is 1. The molecule has 0 aliphatic heterocycles. The molecule has 1 aromatic heterocycles. The van der Waals surface area contributed by atoms with E-state index in [-0.39, 0.29) is 42.5 Å². The van der Waals surface area contributed by atoms with Crippen LogP contribution >= 0.6 is 0 Å². The number of fused-ring (bicyclic) bond motifs is 1. The first-order valence-corrected chi connectivity index (χ1v) is 13.6. The van der Waals surface area contributed by atoms with Crippen molar-refractivity contribution in [3.05, 3.63) is 78.2 Å². The van der Waals surface area contributed by atoms with E-state index in [2.05, 4.69) is 29.2 Å². The molecule has 1 aliphatic carbocycles. The summed E-state index contributed by atoms with van der Waals surface area (Å²) in [6, 6.07) is 19.4. The molecular formula is C33H42IrNO3-. The number of carbonyl (C=O) groups excluding carboxylic acids is 1. The summed E-state index contributed by atoms with van der Waals surface area (Å²) < 4.78 is 5.79. The first-order chi connectivity index (χ1) is 17.6. The van der Waals surface area contributed by atoms with Gasteiger partial charge in [-0.15, -0.1) is 12.1 Å². The van der Waals surface area contributed by atoms with Crippen LogP contribution in [-0.4, -0.2) is 15.9 Å². The number of ether oxygens (including phenoxy) is 1. The predicted octanol–water partition coefficient (Wildman–Crippen LogP) is 9.35. The minimum Gasteiger partial charge on any atom is -0.512 e. The van der Waals surface area contributed by atoms with Gasteiger partial charge < -0.3 is 9.84 Å². The monoisotopic (exact) mass is 693 g/mol. The van der Waals surface area contributed by atoms with Crippen LogP contribution in [0.5, 0.6) is 11.6 Å². The molecule has 2 aromatic carbocycles. The molecule has 0 unspecified atom stereocenters. The van der Waals surface area contributed by atoms with E-state index < -0.39 is 0 Å². The largest absolute Gasteiger partial charge is 0.512 e. The predicted molar refractivity (Wildman–Crippen MR) is 152 cm³/mol. The molecule has 207 valence electrons. The van der Waals surface area contributed by atoms with Crippen LogP contribution in [0.25, 0.3) is 10.8 Å². The smallest absolute Gasteiger partial charge is 0.217 e. The summed E-state index contributed by atoms with van der Waals surface area (Å²) in [6.45, 7) is 11.7. The van der Waals surface area contributed by atoms with E-state index in [1.54, 1.807) is 0 Å². The zero-order valence-corrected chi connectivity index (χ0v) is 26.0. The Kier molecular flexibility index (Phi) is 11.7. The number of benzene rings is 2. The zero-order chi connectivity index (χ0) is 27.1. The number of ketones is 1. The van der Waals surface area contributed by atoms with Crippen molar-refractivity contribution in [1.82, 2.24) is 4.98 Å². The van der Waals surface area contributed by atoms with E-state index in [1.807, 2.05) is 78.1 Å². The number of aliphatic hydroxyl groups is 1. The zero-order valence-electron chi connectivity index (χ0n) is 23.6. The molecule has 1 N–H and O–H groups in total. The summed E-state index contributed by atoms with van der Waals surface area (Å²) in [6.07, 6.45) is 10.2. The second-order valence-corrected chi connectivity index (χ2v) is 11.3. The first kappa shape index (κ1) is 31.7. The maximum absolute atomic E-state index is 11.8. The van der Waals surface area contributed by atoms with E-state index in [9.17, 15) is 9.90 Å². The summed E-state index contributed by atoms with van der Waals surface area (Å²) >= 11 is 0. The third kappa shape index (κ3) is 8.51. The molecule has 4 rings (SSSR count). The molecule has 0 amide bonds. The van der Waals surface area contributed by atoms with Gasteiger partial charge in [0.15, 0.2) is 5.78 Å². The molecule has 4 nitrogen and oxygen atoms in total. The van der Waals surface area contributed by atoms with Crippen molar-refractivity contribution in [1.29, 1.82) is 0 Å². The number of carbonyl (C=O) groups is 1. The first-order valence-electron chi connectivity index (χ1n) is 13.6. The van der Waals surface area contributed by atoms with Gasteiger partial charge in [0.1, 0.15) is 5.76 Å². The molecule has 3 aromatic rings. The van der Waals surface area contributed by atoms with Gasteiger partial charge in [-0.3, -0.25) is 4.79 Å². The average Bonchev–Trinajstić information content (AvgIpc) is 3.44. The molecular weight excluding hydrogens is 651 g/mol. The van der Waals surface area contributed by atoms with E-state index in [1.165, 1.54) is 42.7 Å². The Morgan fingerprint density at radius 3 is 2.32 bits per heavy atom. The van der Waals surface area contributed by atoms with Crippen molar-refractivity contribution >= 4 is 16.6 Å². The SMILES string of the molecule is CCC(C)(C)C(=O)/C=C(\O)C(C)(C)CC.[Ir].[c-]1ccccc1Oc1cc2cc(C3CCCC3)ccc2cn1. The molecule has 0 bridgehead atoms. The number of aliphatic hydroxyl groups excluding tert-OH is 1. The molecule has 0 atom stereocenters. The number of aromatic nitrogens is 1. The van der Waals surface area contributed by atoms with Crippen LogP contribution < -0.4 is 4.74 Å². The van der Waals surface area contributed by atoms with E-state index >= 15 is 0 Å². The quantitative estimate of drug-likeness (QED) is 0.145. The third-order valence-electron chi connectivity index (χ3n) is 7.84. The normalized spacial score (nSPS) is 14.4. The van der Waals surface area contributed by atoms with Crippen LogP contribution in [0.15, 0.2) is 66.6 Å². The van der Waals surface area contributed by atoms with E-state index in [0.717, 1.165) is 24.1 Å². The van der Waals surface area contributed by atoms with Crippen molar-refractivity contribution in [3.63, 3.8) is 0 Å². The fraction of sp³-hybridized carbons (Fsp3) is 0.455. The third-order valence-corrected chi connectivity index (χ3v) is 7.84. The molecule has 1 fully saturated rings. The molecule has 1 radical (unpaired) electrons. The van der Waals surface area contributed by atoms with Gasteiger partial charge in [-0.1, -0.05) is 72.6 Å². The molecule has 1 aliphatic rings. The molecule has 38 heavy (non-hydrogen) atoms. The van der Waals surface area contributed by atoms with Gasteiger partial charge in [0.25, 0.3) is 0 Å². The second kappa shape index (κ2) is 14.1. The maximum atomic E-state index is 11.8. The van der Waals surface area contributed by atoms with Gasteiger partial charge in [-0.25, -0.2) is 4.98 Å². The summed E-state index contributed by atoms with van der Waals surface area (Å²) in [5.41, 5.74) is 0.769. The molecule has 0 saturated heterocycles. The Hall–Kier alpha value is -2.49. The number of nitrogens with zero attached hydrogens (tertiary/aromatic N) is 1. The summed E-state index contributed by atoms with van der Waals surface area (Å²) in [5.74, 6) is 2.24. The molecule has 1 heterocycles. The molecule has 0 spiro atoms. The van der Waals surface area contributed by atoms with Gasteiger partial charge in [0, 0.05) is 60.4 Å². The standard InChI is InChI=1S/C20H18NO.C13H24O2.Ir/c1-2-8-19(9-3-1)22-20-13-18-12-16(15-6-4-5-7-15)10-11-17(18)14-21-20;1-7-12(3,4)10(14)9-11(15)13(5,6)8-2;/h1-3,8,10-15H,4-7H2;9,14H,7-8H2,1-6H3;/q-1;;/b;10-9-;. The van der Waals surface area contributed by atoms with Gasteiger partial charge in [0.05, 0.1) is 0 Å². The minimum absolute atomic E-state index is 0. The Labute approximate surface area is 242 Å². The summed E-state index contributed by atoms with van der Waals surface area (Å²) in [7, 11) is 0. The number of para-hydroxylation sites is 1. The van der Waals surface area contributed by atoms with Crippen molar-refractivity contribution in [2.75, 3.05) is 0 Å². The molecule has 1 saturated carbocycles. The Morgan fingerprint density at radius 1 is 1.03 bits per heavy atom. The minimum atomic E-state index is -0.377. The van der Waals surface area contributed by atoms with Gasteiger partial charge in [-0.2, -0.15) is 18.2 Å². The fourth-order valence-electron chi connectivity index (χ4n) is 4.13. The van der Waals surface area contributed by atoms with Crippen molar-refractivity contribution < 1.29 is 34.7 Å².